The van der Waals surface area contributed by atoms with E-state index in [0.717, 1.165) is 33.8 Å². The second-order valence-electron chi connectivity index (χ2n) is 8.13. The van der Waals surface area contributed by atoms with Gasteiger partial charge in [0.25, 0.3) is 5.91 Å². The van der Waals surface area contributed by atoms with Crippen molar-refractivity contribution < 1.29 is 14.3 Å². The van der Waals surface area contributed by atoms with Crippen LogP contribution >= 0.6 is 0 Å². The molecule has 2 atom stereocenters. The Labute approximate surface area is 161 Å². The van der Waals surface area contributed by atoms with Crippen LogP contribution in [0.4, 0.5) is 0 Å². The minimum absolute atomic E-state index is 0.0965. The van der Waals surface area contributed by atoms with Crippen LogP contribution in [-0.4, -0.2) is 17.6 Å². The Morgan fingerprint density at radius 1 is 1.22 bits per heavy atom. The highest BCUT2D eigenvalue weighted by Gasteiger charge is 2.35. The van der Waals surface area contributed by atoms with Crippen molar-refractivity contribution in [1.29, 1.82) is 0 Å². The van der Waals surface area contributed by atoms with Crippen LogP contribution in [0.1, 0.15) is 55.5 Å². The Balaban J connectivity index is 1.77. The second kappa shape index (κ2) is 7.26. The molecule has 2 aromatic rings. The number of carbonyl (C=O) groups excluding carboxylic acids is 1. The van der Waals surface area contributed by atoms with Crippen LogP contribution in [0, 0.1) is 20.8 Å². The van der Waals surface area contributed by atoms with Crippen LogP contribution in [0.2, 0.25) is 0 Å². The average molecular weight is 367 g/mol. The number of nitrogens with one attached hydrogen (secondary N) is 1. The molecular weight excluding hydrogens is 338 g/mol. The lowest BCUT2D eigenvalue weighted by atomic mass is 9.89. The highest BCUT2D eigenvalue weighted by Crippen LogP contribution is 2.40. The third kappa shape index (κ3) is 4.26. The molecule has 1 amide bonds. The Morgan fingerprint density at radius 3 is 2.70 bits per heavy atom. The van der Waals surface area contributed by atoms with E-state index >= 15 is 0 Å². The summed E-state index contributed by atoms with van der Waals surface area (Å²) in [6, 6.07) is 11.9. The Bertz CT molecular complexity index is 857. The van der Waals surface area contributed by atoms with Gasteiger partial charge in [-0.1, -0.05) is 29.8 Å². The van der Waals surface area contributed by atoms with E-state index in [2.05, 4.69) is 11.4 Å². The number of carbonyl (C=O) groups is 1. The number of rotatable bonds is 4. The van der Waals surface area contributed by atoms with Crippen molar-refractivity contribution in [2.75, 3.05) is 0 Å². The summed E-state index contributed by atoms with van der Waals surface area (Å²) >= 11 is 0. The van der Waals surface area contributed by atoms with Gasteiger partial charge in [0.1, 0.15) is 17.1 Å². The van der Waals surface area contributed by atoms with Crippen LogP contribution < -0.4 is 14.8 Å². The molecule has 0 fully saturated rings. The molecule has 4 heteroatoms. The van der Waals surface area contributed by atoms with Gasteiger partial charge in [0.2, 0.25) is 0 Å². The van der Waals surface area contributed by atoms with Gasteiger partial charge in [-0.15, -0.1) is 0 Å². The third-order valence-electron chi connectivity index (χ3n) is 5.17. The maximum absolute atomic E-state index is 12.8. The normalized spacial score (nSPS) is 18.8. The first-order valence-electron chi connectivity index (χ1n) is 9.49. The van der Waals surface area contributed by atoms with Gasteiger partial charge in [-0.2, -0.15) is 0 Å². The van der Waals surface area contributed by atoms with E-state index < -0.39 is 6.10 Å². The zero-order chi connectivity index (χ0) is 19.8. The first-order valence-corrected chi connectivity index (χ1v) is 9.49. The van der Waals surface area contributed by atoms with Crippen molar-refractivity contribution in [3.63, 3.8) is 0 Å². The molecule has 1 aliphatic heterocycles. The van der Waals surface area contributed by atoms with Crippen molar-refractivity contribution in [2.45, 2.75) is 65.7 Å². The fourth-order valence-electron chi connectivity index (χ4n) is 3.49. The van der Waals surface area contributed by atoms with Gasteiger partial charge >= 0.3 is 0 Å². The van der Waals surface area contributed by atoms with Gasteiger partial charge in [-0.25, -0.2) is 0 Å². The van der Waals surface area contributed by atoms with Gasteiger partial charge in [0, 0.05) is 12.0 Å². The Kier molecular flexibility index (Phi) is 5.18. The average Bonchev–Trinajstić information content (AvgIpc) is 2.59. The molecule has 0 spiro atoms. The van der Waals surface area contributed by atoms with Crippen molar-refractivity contribution in [3.05, 3.63) is 58.7 Å². The van der Waals surface area contributed by atoms with E-state index in [4.69, 9.17) is 9.47 Å². The number of aryl methyl sites for hydroxylation is 2. The smallest absolute Gasteiger partial charge is 0.261 e. The lowest BCUT2D eigenvalue weighted by Gasteiger charge is -2.38. The predicted octanol–water partition coefficient (Wildman–Crippen LogP) is 4.80. The van der Waals surface area contributed by atoms with Crippen LogP contribution in [0.15, 0.2) is 36.4 Å². The highest BCUT2D eigenvalue weighted by molar-refractivity contribution is 5.81. The minimum Gasteiger partial charge on any atom is -0.487 e. The Hall–Kier alpha value is -2.49. The van der Waals surface area contributed by atoms with E-state index in [1.54, 1.807) is 6.92 Å². The summed E-state index contributed by atoms with van der Waals surface area (Å²) < 4.78 is 12.0. The van der Waals surface area contributed by atoms with Gasteiger partial charge in [0.05, 0.1) is 6.04 Å². The van der Waals surface area contributed by atoms with E-state index in [1.165, 1.54) is 0 Å². The number of amides is 1. The highest BCUT2D eigenvalue weighted by atomic mass is 16.5. The summed E-state index contributed by atoms with van der Waals surface area (Å²) in [5.74, 6) is 1.47. The van der Waals surface area contributed by atoms with E-state index in [-0.39, 0.29) is 17.6 Å². The summed E-state index contributed by atoms with van der Waals surface area (Å²) in [6.07, 6.45) is 0.135. The van der Waals surface area contributed by atoms with Crippen molar-refractivity contribution in [1.82, 2.24) is 5.32 Å². The fraction of sp³-hybridized carbons (Fsp3) is 0.435. The first-order chi connectivity index (χ1) is 12.7. The van der Waals surface area contributed by atoms with Gasteiger partial charge in [0.15, 0.2) is 6.10 Å². The van der Waals surface area contributed by atoms with Crippen LogP contribution in [0.3, 0.4) is 0 Å². The third-order valence-corrected chi connectivity index (χ3v) is 5.17. The molecule has 0 aliphatic carbocycles. The molecule has 1 heterocycles. The quantitative estimate of drug-likeness (QED) is 0.844. The molecule has 27 heavy (non-hydrogen) atoms. The molecule has 0 aromatic heterocycles. The van der Waals surface area contributed by atoms with E-state index in [0.29, 0.717) is 6.42 Å². The predicted molar refractivity (Wildman–Crippen MR) is 107 cm³/mol. The van der Waals surface area contributed by atoms with Crippen LogP contribution in [0.25, 0.3) is 0 Å². The number of fused-ring (bicyclic) bond motifs is 1. The van der Waals surface area contributed by atoms with Crippen LogP contribution in [-0.2, 0) is 4.79 Å². The SMILES string of the molecule is Cc1ccc2c(c1)[C@@H](NC(=O)[C@@H](C)Oc1cccc(C)c1C)CC(C)(C)O2. The zero-order valence-electron chi connectivity index (χ0n) is 17.1. The molecule has 1 aliphatic rings. The topological polar surface area (TPSA) is 47.6 Å². The summed E-state index contributed by atoms with van der Waals surface area (Å²) in [5.41, 5.74) is 4.05. The maximum Gasteiger partial charge on any atom is 0.261 e. The molecule has 0 bridgehead atoms. The monoisotopic (exact) mass is 367 g/mol. The molecule has 0 radical (unpaired) electrons. The molecule has 1 N–H and O–H groups in total. The number of hydrogen-bond acceptors (Lipinski definition) is 3. The van der Waals surface area contributed by atoms with Gasteiger partial charge < -0.3 is 14.8 Å². The maximum atomic E-state index is 12.8. The minimum atomic E-state index is -0.579. The number of ether oxygens (including phenoxy) is 2. The van der Waals surface area contributed by atoms with Crippen molar-refractivity contribution in [3.8, 4) is 11.5 Å². The summed E-state index contributed by atoms with van der Waals surface area (Å²) in [7, 11) is 0. The standard InChI is InChI=1S/C23H29NO3/c1-14-10-11-21-18(12-14)19(13-23(5,6)27-21)24-22(25)17(4)26-20-9-7-8-15(2)16(20)3/h7-12,17,19H,13H2,1-6H3,(H,24,25)/t17-,19+/m1/s1. The van der Waals surface area contributed by atoms with Crippen molar-refractivity contribution in [2.24, 2.45) is 0 Å². The second-order valence-corrected chi connectivity index (χ2v) is 8.13. The summed E-state index contributed by atoms with van der Waals surface area (Å²) in [5, 5.41) is 3.17. The van der Waals surface area contributed by atoms with E-state index in [9.17, 15) is 4.79 Å². The molecule has 0 saturated heterocycles. The van der Waals surface area contributed by atoms with Crippen LogP contribution in [0.5, 0.6) is 11.5 Å². The fourth-order valence-corrected chi connectivity index (χ4v) is 3.49. The molecule has 144 valence electrons. The summed E-state index contributed by atoms with van der Waals surface area (Å²) in [4.78, 5) is 12.8. The molecule has 3 rings (SSSR count). The lowest BCUT2D eigenvalue weighted by Crippen LogP contribution is -2.44. The summed E-state index contributed by atoms with van der Waals surface area (Å²) in [6.45, 7) is 12.0. The van der Waals surface area contributed by atoms with Gasteiger partial charge in [-0.3, -0.25) is 4.79 Å². The molecule has 0 unspecified atom stereocenters. The van der Waals surface area contributed by atoms with Gasteiger partial charge in [-0.05, 0) is 64.8 Å². The number of hydrogen-bond donors (Lipinski definition) is 1. The first kappa shape index (κ1) is 19.3. The number of benzene rings is 2. The van der Waals surface area contributed by atoms with Crippen molar-refractivity contribution >= 4 is 5.91 Å². The largest absolute Gasteiger partial charge is 0.487 e. The Morgan fingerprint density at radius 2 is 1.96 bits per heavy atom. The van der Waals surface area contributed by atoms with E-state index in [1.807, 2.05) is 65.0 Å². The molecular formula is C23H29NO3. The zero-order valence-corrected chi connectivity index (χ0v) is 17.1. The molecule has 0 saturated carbocycles. The molecule has 2 aromatic carbocycles. The molecule has 4 nitrogen and oxygen atoms in total. The lowest BCUT2D eigenvalue weighted by molar-refractivity contribution is -0.128.